The van der Waals surface area contributed by atoms with E-state index in [1.807, 2.05) is 48.5 Å². The van der Waals surface area contributed by atoms with Crippen molar-refractivity contribution in [2.45, 2.75) is 6.42 Å². The molecule has 2 aromatic rings. The van der Waals surface area contributed by atoms with E-state index in [-0.39, 0.29) is 0 Å². The summed E-state index contributed by atoms with van der Waals surface area (Å²) in [6, 6.07) is 14.9. The first-order chi connectivity index (χ1) is 9.78. The van der Waals surface area contributed by atoms with E-state index in [1.54, 1.807) is 7.11 Å². The fourth-order valence-electron chi connectivity index (χ4n) is 1.67. The summed E-state index contributed by atoms with van der Waals surface area (Å²) in [6.07, 6.45) is 0.816. The predicted molar refractivity (Wildman–Crippen MR) is 79.5 cm³/mol. The number of benzene rings is 2. The average molecular weight is 273 g/mol. The largest absolute Gasteiger partial charge is 0.497 e. The van der Waals surface area contributed by atoms with Gasteiger partial charge in [0.15, 0.2) is 0 Å². The minimum Gasteiger partial charge on any atom is -0.497 e. The van der Waals surface area contributed by atoms with E-state index in [2.05, 4.69) is 0 Å². The second-order valence-corrected chi connectivity index (χ2v) is 4.30. The molecule has 2 aromatic carbocycles. The summed E-state index contributed by atoms with van der Waals surface area (Å²) in [5.74, 6) is 2.48. The summed E-state index contributed by atoms with van der Waals surface area (Å²) in [5.41, 5.74) is 6.34. The highest BCUT2D eigenvalue weighted by Gasteiger charge is 1.97. The molecule has 4 heteroatoms. The maximum absolute atomic E-state index is 5.61. The van der Waals surface area contributed by atoms with Gasteiger partial charge in [-0.1, -0.05) is 0 Å². The topological polar surface area (TPSA) is 53.7 Å². The van der Waals surface area contributed by atoms with Crippen molar-refractivity contribution in [2.75, 3.05) is 26.1 Å². The molecule has 2 rings (SSSR count). The standard InChI is InChI=1S/C16H19NO3/c1-18-14-7-9-16(10-8-14)20-12-2-11-19-15-5-3-13(17)4-6-15/h3-10H,2,11-12,17H2,1H3. The van der Waals surface area contributed by atoms with E-state index in [9.17, 15) is 0 Å². The Morgan fingerprint density at radius 3 is 1.70 bits per heavy atom. The Labute approximate surface area is 119 Å². The molecule has 4 nitrogen and oxygen atoms in total. The first-order valence-corrected chi connectivity index (χ1v) is 6.53. The lowest BCUT2D eigenvalue weighted by atomic mass is 10.3. The van der Waals surface area contributed by atoms with Crippen molar-refractivity contribution in [3.8, 4) is 17.2 Å². The number of nitrogens with two attached hydrogens (primary N) is 1. The molecule has 0 fully saturated rings. The molecule has 0 atom stereocenters. The van der Waals surface area contributed by atoms with Crippen LogP contribution in [0.25, 0.3) is 0 Å². The van der Waals surface area contributed by atoms with E-state index >= 15 is 0 Å². The third-order valence-electron chi connectivity index (χ3n) is 2.77. The van der Waals surface area contributed by atoms with Crippen LogP contribution >= 0.6 is 0 Å². The number of ether oxygens (including phenoxy) is 3. The molecule has 0 aliphatic rings. The van der Waals surface area contributed by atoms with Gasteiger partial charge in [0.2, 0.25) is 0 Å². The minimum atomic E-state index is 0.611. The summed E-state index contributed by atoms with van der Waals surface area (Å²) >= 11 is 0. The third-order valence-corrected chi connectivity index (χ3v) is 2.77. The lowest BCUT2D eigenvalue weighted by molar-refractivity contribution is 0.247. The zero-order valence-corrected chi connectivity index (χ0v) is 11.5. The van der Waals surface area contributed by atoms with Crippen molar-refractivity contribution >= 4 is 5.69 Å². The molecule has 0 spiro atoms. The Morgan fingerprint density at radius 2 is 1.20 bits per heavy atom. The summed E-state index contributed by atoms with van der Waals surface area (Å²) in [6.45, 7) is 1.22. The fourth-order valence-corrected chi connectivity index (χ4v) is 1.67. The van der Waals surface area contributed by atoms with Gasteiger partial charge in [0.25, 0.3) is 0 Å². The molecule has 106 valence electrons. The number of hydrogen-bond donors (Lipinski definition) is 1. The van der Waals surface area contributed by atoms with Crippen molar-refractivity contribution in [1.29, 1.82) is 0 Å². The van der Waals surface area contributed by atoms with Gasteiger partial charge in [-0.3, -0.25) is 0 Å². The monoisotopic (exact) mass is 273 g/mol. The molecule has 0 radical (unpaired) electrons. The molecule has 2 N–H and O–H groups in total. The van der Waals surface area contributed by atoms with Crippen LogP contribution in [0.2, 0.25) is 0 Å². The minimum absolute atomic E-state index is 0.611. The quantitative estimate of drug-likeness (QED) is 0.622. The highest BCUT2D eigenvalue weighted by Crippen LogP contribution is 2.17. The van der Waals surface area contributed by atoms with Crippen molar-refractivity contribution in [2.24, 2.45) is 0 Å². The first kappa shape index (κ1) is 14.1. The lowest BCUT2D eigenvalue weighted by Crippen LogP contribution is -2.05. The van der Waals surface area contributed by atoms with Gasteiger partial charge in [-0.05, 0) is 48.5 Å². The first-order valence-electron chi connectivity index (χ1n) is 6.53. The van der Waals surface area contributed by atoms with Gasteiger partial charge < -0.3 is 19.9 Å². The van der Waals surface area contributed by atoms with Gasteiger partial charge in [0.05, 0.1) is 20.3 Å². The summed E-state index contributed by atoms with van der Waals surface area (Å²) in [5, 5.41) is 0. The van der Waals surface area contributed by atoms with E-state index in [0.29, 0.717) is 13.2 Å². The number of nitrogen functional groups attached to an aromatic ring is 1. The maximum atomic E-state index is 5.61. The Kier molecular flexibility index (Phi) is 5.12. The molecule has 0 heterocycles. The van der Waals surface area contributed by atoms with Crippen molar-refractivity contribution < 1.29 is 14.2 Å². The average Bonchev–Trinajstić information content (AvgIpc) is 2.49. The zero-order chi connectivity index (χ0) is 14.2. The molecular weight excluding hydrogens is 254 g/mol. The van der Waals surface area contributed by atoms with Crippen LogP contribution in [0.4, 0.5) is 5.69 Å². The molecule has 0 saturated carbocycles. The SMILES string of the molecule is COc1ccc(OCCCOc2ccc(N)cc2)cc1. The zero-order valence-electron chi connectivity index (χ0n) is 11.5. The molecule has 0 aliphatic carbocycles. The highest BCUT2D eigenvalue weighted by atomic mass is 16.5. The van der Waals surface area contributed by atoms with Crippen LogP contribution < -0.4 is 19.9 Å². The van der Waals surface area contributed by atoms with Gasteiger partial charge in [-0.15, -0.1) is 0 Å². The summed E-state index contributed by atoms with van der Waals surface area (Å²) < 4.78 is 16.3. The van der Waals surface area contributed by atoms with Crippen LogP contribution in [-0.2, 0) is 0 Å². The smallest absolute Gasteiger partial charge is 0.119 e. The van der Waals surface area contributed by atoms with E-state index in [4.69, 9.17) is 19.9 Å². The molecule has 0 aliphatic heterocycles. The van der Waals surface area contributed by atoms with Crippen molar-refractivity contribution in [1.82, 2.24) is 0 Å². The molecule has 0 saturated heterocycles. The van der Waals surface area contributed by atoms with Crippen molar-refractivity contribution in [3.63, 3.8) is 0 Å². The second-order valence-electron chi connectivity index (χ2n) is 4.30. The maximum Gasteiger partial charge on any atom is 0.119 e. The number of methoxy groups -OCH3 is 1. The van der Waals surface area contributed by atoms with Crippen LogP contribution in [0.3, 0.4) is 0 Å². The van der Waals surface area contributed by atoms with E-state index in [0.717, 1.165) is 29.4 Å². The fraction of sp³-hybridized carbons (Fsp3) is 0.250. The Bertz CT molecular complexity index is 508. The van der Waals surface area contributed by atoms with Crippen LogP contribution in [0.5, 0.6) is 17.2 Å². The Hall–Kier alpha value is -2.36. The van der Waals surface area contributed by atoms with E-state index < -0.39 is 0 Å². The number of rotatable bonds is 7. The summed E-state index contributed by atoms with van der Waals surface area (Å²) in [7, 11) is 1.64. The molecule has 0 bridgehead atoms. The van der Waals surface area contributed by atoms with Gasteiger partial charge in [-0.25, -0.2) is 0 Å². The highest BCUT2D eigenvalue weighted by molar-refractivity contribution is 5.41. The van der Waals surface area contributed by atoms with Gasteiger partial charge in [0, 0.05) is 12.1 Å². The second kappa shape index (κ2) is 7.28. The Morgan fingerprint density at radius 1 is 0.750 bits per heavy atom. The van der Waals surface area contributed by atoms with Crippen LogP contribution in [0, 0.1) is 0 Å². The molecule has 0 aromatic heterocycles. The van der Waals surface area contributed by atoms with Crippen molar-refractivity contribution in [3.05, 3.63) is 48.5 Å². The molecular formula is C16H19NO3. The van der Waals surface area contributed by atoms with Gasteiger partial charge in [-0.2, -0.15) is 0 Å². The molecule has 0 amide bonds. The molecule has 0 unspecified atom stereocenters. The number of hydrogen-bond acceptors (Lipinski definition) is 4. The van der Waals surface area contributed by atoms with Crippen LogP contribution in [0.1, 0.15) is 6.42 Å². The Balaban J connectivity index is 1.64. The van der Waals surface area contributed by atoms with E-state index in [1.165, 1.54) is 0 Å². The number of anilines is 1. The lowest BCUT2D eigenvalue weighted by Gasteiger charge is -2.08. The van der Waals surface area contributed by atoms with Crippen LogP contribution in [-0.4, -0.2) is 20.3 Å². The van der Waals surface area contributed by atoms with Crippen LogP contribution in [0.15, 0.2) is 48.5 Å². The summed E-state index contributed by atoms with van der Waals surface area (Å²) in [4.78, 5) is 0. The van der Waals surface area contributed by atoms with Gasteiger partial charge >= 0.3 is 0 Å². The normalized spacial score (nSPS) is 10.1. The molecule has 20 heavy (non-hydrogen) atoms. The third kappa shape index (κ3) is 4.39. The van der Waals surface area contributed by atoms with Gasteiger partial charge in [0.1, 0.15) is 17.2 Å². The predicted octanol–water partition coefficient (Wildman–Crippen LogP) is 3.13.